The zero-order valence-corrected chi connectivity index (χ0v) is 19.6. The van der Waals surface area contributed by atoms with Crippen molar-refractivity contribution < 1.29 is 18.7 Å². The van der Waals surface area contributed by atoms with Crippen molar-refractivity contribution in [3.8, 4) is 11.5 Å². The second-order valence-electron chi connectivity index (χ2n) is 8.49. The fourth-order valence-electron chi connectivity index (χ4n) is 4.38. The van der Waals surface area contributed by atoms with Crippen LogP contribution < -0.4 is 20.1 Å². The normalized spacial score (nSPS) is 16.9. The Labute approximate surface area is 190 Å². The quantitative estimate of drug-likeness (QED) is 0.634. The first-order valence-corrected chi connectivity index (χ1v) is 11.2. The first-order valence-electron chi connectivity index (χ1n) is 11.2. The molecule has 2 aromatic rings. The van der Waals surface area contributed by atoms with Gasteiger partial charge in [-0.15, -0.1) is 0 Å². The fraction of sp³-hybridized carbons (Fsp3) is 0.480. The lowest BCUT2D eigenvalue weighted by molar-refractivity contribution is 0.135. The minimum absolute atomic E-state index is 0.0471. The van der Waals surface area contributed by atoms with Crippen LogP contribution in [0.1, 0.15) is 49.9 Å². The number of fused-ring (bicyclic) bond motifs is 1. The van der Waals surface area contributed by atoms with Crippen LogP contribution in [-0.2, 0) is 13.0 Å². The van der Waals surface area contributed by atoms with Gasteiger partial charge in [0.2, 0.25) is 0 Å². The number of methoxy groups -OCH3 is 2. The Balaban J connectivity index is 1.99. The summed E-state index contributed by atoms with van der Waals surface area (Å²) < 4.78 is 24.5. The Kier molecular flexibility index (Phi) is 7.96. The van der Waals surface area contributed by atoms with Crippen LogP contribution in [-0.4, -0.2) is 43.8 Å². The Morgan fingerprint density at radius 1 is 1.12 bits per heavy atom. The molecule has 1 heterocycles. The maximum absolute atomic E-state index is 13.4. The number of hydrogen-bond acceptors (Lipinski definition) is 4. The van der Waals surface area contributed by atoms with E-state index >= 15 is 0 Å². The number of carbonyl (C=O) groups is 1. The summed E-state index contributed by atoms with van der Waals surface area (Å²) in [5, 5.41) is 6.10. The summed E-state index contributed by atoms with van der Waals surface area (Å²) in [4.78, 5) is 14.9. The number of ether oxygens (including phenoxy) is 2. The molecule has 32 heavy (non-hydrogen) atoms. The molecule has 2 N–H and O–H groups in total. The lowest BCUT2D eigenvalue weighted by Crippen LogP contribution is -2.51. The molecule has 0 radical (unpaired) electrons. The van der Waals surface area contributed by atoms with Gasteiger partial charge >= 0.3 is 6.03 Å². The second kappa shape index (κ2) is 10.7. The highest BCUT2D eigenvalue weighted by Crippen LogP contribution is 2.40. The molecule has 0 bridgehead atoms. The molecule has 0 spiro atoms. The average Bonchev–Trinajstić information content (AvgIpc) is 2.77. The second-order valence-corrected chi connectivity index (χ2v) is 8.49. The highest BCUT2D eigenvalue weighted by Gasteiger charge is 2.35. The van der Waals surface area contributed by atoms with Gasteiger partial charge in [-0.3, -0.25) is 4.90 Å². The summed E-state index contributed by atoms with van der Waals surface area (Å²) in [5.41, 5.74) is 3.34. The zero-order valence-electron chi connectivity index (χ0n) is 19.6. The van der Waals surface area contributed by atoms with Gasteiger partial charge in [0.25, 0.3) is 0 Å². The van der Waals surface area contributed by atoms with Crippen molar-refractivity contribution >= 4 is 6.03 Å². The largest absolute Gasteiger partial charge is 0.493 e. The number of carbonyl (C=O) groups excluding carboxylic acids is 1. The molecule has 2 amide bonds. The van der Waals surface area contributed by atoms with Crippen molar-refractivity contribution in [1.82, 2.24) is 15.5 Å². The van der Waals surface area contributed by atoms with Crippen molar-refractivity contribution in [2.45, 2.75) is 58.3 Å². The monoisotopic (exact) mass is 443 g/mol. The lowest BCUT2D eigenvalue weighted by Gasteiger charge is -2.42. The first-order chi connectivity index (χ1) is 15.4. The summed E-state index contributed by atoms with van der Waals surface area (Å²) in [7, 11) is 3.27. The van der Waals surface area contributed by atoms with Crippen molar-refractivity contribution in [2.75, 3.05) is 20.8 Å². The number of urea groups is 1. The van der Waals surface area contributed by atoms with Crippen LogP contribution in [0.15, 0.2) is 36.4 Å². The SMILES string of the molecule is CC[C@H](NC(=O)NC(C)C)[C@H]1c2cc(OC)c(OC)cc2CCN1Cc1ccc(F)cc1. The van der Waals surface area contributed by atoms with E-state index in [0.717, 1.165) is 30.5 Å². The third kappa shape index (κ3) is 5.51. The molecule has 174 valence electrons. The van der Waals surface area contributed by atoms with Crippen LogP contribution in [0.25, 0.3) is 0 Å². The molecular weight excluding hydrogens is 409 g/mol. The van der Waals surface area contributed by atoms with Crippen LogP contribution in [0.2, 0.25) is 0 Å². The molecule has 0 aromatic heterocycles. The van der Waals surface area contributed by atoms with E-state index in [1.165, 1.54) is 17.7 Å². The van der Waals surface area contributed by atoms with Crippen LogP contribution >= 0.6 is 0 Å². The smallest absolute Gasteiger partial charge is 0.315 e. The molecule has 3 rings (SSSR count). The molecule has 2 atom stereocenters. The van der Waals surface area contributed by atoms with E-state index in [1.54, 1.807) is 14.2 Å². The summed E-state index contributed by atoms with van der Waals surface area (Å²) >= 11 is 0. The van der Waals surface area contributed by atoms with Gasteiger partial charge in [0.1, 0.15) is 5.82 Å². The molecule has 0 saturated carbocycles. The van der Waals surface area contributed by atoms with E-state index in [-0.39, 0.29) is 30.0 Å². The Morgan fingerprint density at radius 3 is 2.38 bits per heavy atom. The van der Waals surface area contributed by atoms with Gasteiger partial charge in [0.05, 0.1) is 26.3 Å². The number of nitrogens with zero attached hydrogens (tertiary/aromatic N) is 1. The number of rotatable bonds is 8. The molecular formula is C25H34FN3O3. The zero-order chi connectivity index (χ0) is 23.3. The Bertz CT molecular complexity index is 917. The summed E-state index contributed by atoms with van der Waals surface area (Å²) in [6, 6.07) is 10.4. The van der Waals surface area contributed by atoms with E-state index in [9.17, 15) is 9.18 Å². The number of benzene rings is 2. The van der Waals surface area contributed by atoms with Gasteiger partial charge in [-0.05, 0) is 67.6 Å². The minimum atomic E-state index is -0.246. The van der Waals surface area contributed by atoms with Gasteiger partial charge in [-0.25, -0.2) is 9.18 Å². The van der Waals surface area contributed by atoms with Crippen molar-refractivity contribution in [1.29, 1.82) is 0 Å². The molecule has 0 unspecified atom stereocenters. The molecule has 7 heteroatoms. The van der Waals surface area contributed by atoms with E-state index in [0.29, 0.717) is 18.0 Å². The van der Waals surface area contributed by atoms with Crippen LogP contribution in [0.4, 0.5) is 9.18 Å². The van der Waals surface area contributed by atoms with Gasteiger partial charge in [-0.1, -0.05) is 19.1 Å². The van der Waals surface area contributed by atoms with Crippen LogP contribution in [0.3, 0.4) is 0 Å². The van der Waals surface area contributed by atoms with Gasteiger partial charge in [0, 0.05) is 19.1 Å². The van der Waals surface area contributed by atoms with Crippen LogP contribution in [0, 0.1) is 5.82 Å². The topological polar surface area (TPSA) is 62.8 Å². The fourth-order valence-corrected chi connectivity index (χ4v) is 4.38. The first kappa shape index (κ1) is 23.9. The Morgan fingerprint density at radius 2 is 1.78 bits per heavy atom. The maximum atomic E-state index is 13.4. The molecule has 1 aliphatic heterocycles. The maximum Gasteiger partial charge on any atom is 0.315 e. The molecule has 2 aromatic carbocycles. The number of halogens is 1. The highest BCUT2D eigenvalue weighted by atomic mass is 19.1. The lowest BCUT2D eigenvalue weighted by atomic mass is 9.86. The van der Waals surface area contributed by atoms with Gasteiger partial charge in [0.15, 0.2) is 11.5 Å². The molecule has 1 aliphatic rings. The predicted octanol–water partition coefficient (Wildman–Crippen LogP) is 4.43. The van der Waals surface area contributed by atoms with E-state index in [2.05, 4.69) is 22.5 Å². The van der Waals surface area contributed by atoms with Gasteiger partial charge in [-0.2, -0.15) is 0 Å². The molecule has 0 fully saturated rings. The van der Waals surface area contributed by atoms with E-state index in [4.69, 9.17) is 9.47 Å². The molecule has 6 nitrogen and oxygen atoms in total. The standard InChI is InChI=1S/C25H34FN3O3/c1-6-21(28-25(30)27-16(2)3)24-20-14-23(32-5)22(31-4)13-18(20)11-12-29(24)15-17-7-9-19(26)10-8-17/h7-10,13-14,16,21,24H,6,11-12,15H2,1-5H3,(H2,27,28,30)/t21-,24+/m0/s1. The third-order valence-electron chi connectivity index (χ3n) is 5.88. The van der Waals surface area contributed by atoms with Crippen molar-refractivity contribution in [3.63, 3.8) is 0 Å². The van der Waals surface area contributed by atoms with Gasteiger partial charge < -0.3 is 20.1 Å². The van der Waals surface area contributed by atoms with E-state index < -0.39 is 0 Å². The molecule has 0 aliphatic carbocycles. The highest BCUT2D eigenvalue weighted by molar-refractivity contribution is 5.74. The average molecular weight is 444 g/mol. The third-order valence-corrected chi connectivity index (χ3v) is 5.88. The van der Waals surface area contributed by atoms with Crippen molar-refractivity contribution in [2.24, 2.45) is 0 Å². The summed E-state index contributed by atoms with van der Waals surface area (Å²) in [6.45, 7) is 7.42. The van der Waals surface area contributed by atoms with Crippen molar-refractivity contribution in [3.05, 3.63) is 58.9 Å². The van der Waals surface area contributed by atoms with Crippen LogP contribution in [0.5, 0.6) is 11.5 Å². The molecule has 0 saturated heterocycles. The minimum Gasteiger partial charge on any atom is -0.493 e. The predicted molar refractivity (Wildman–Crippen MR) is 124 cm³/mol. The number of hydrogen-bond donors (Lipinski definition) is 2. The summed E-state index contributed by atoms with van der Waals surface area (Å²) in [5.74, 6) is 1.13. The number of nitrogens with one attached hydrogen (secondary N) is 2. The summed E-state index contributed by atoms with van der Waals surface area (Å²) in [6.07, 6.45) is 1.60. The number of amides is 2. The Hall–Kier alpha value is -2.80. The van der Waals surface area contributed by atoms with E-state index in [1.807, 2.05) is 38.1 Å².